The second-order valence-corrected chi connectivity index (χ2v) is 4.73. The van der Waals surface area contributed by atoms with E-state index in [1.807, 2.05) is 24.3 Å². The summed E-state index contributed by atoms with van der Waals surface area (Å²) in [4.78, 5) is 23.2. The zero-order valence-corrected chi connectivity index (χ0v) is 12.5. The summed E-state index contributed by atoms with van der Waals surface area (Å²) in [6.07, 6.45) is 3.16. The summed E-state index contributed by atoms with van der Waals surface area (Å²) >= 11 is 0. The first kappa shape index (κ1) is 15.5. The number of nitrogens with one attached hydrogen (secondary N) is 1. The maximum atomic E-state index is 11.9. The number of rotatable bonds is 5. The van der Waals surface area contributed by atoms with Crippen molar-refractivity contribution in [3.8, 4) is 5.75 Å². The van der Waals surface area contributed by atoms with E-state index in [2.05, 4.69) is 5.32 Å². The zero-order valence-electron chi connectivity index (χ0n) is 12.5. The average molecular weight is 295 g/mol. The quantitative estimate of drug-likeness (QED) is 0.678. The molecule has 4 heteroatoms. The molecule has 4 nitrogen and oxygen atoms in total. The van der Waals surface area contributed by atoms with E-state index in [4.69, 9.17) is 4.74 Å². The predicted molar refractivity (Wildman–Crippen MR) is 87.1 cm³/mol. The standard InChI is InChI=1S/C18H17NO3/c1-13(20)15-4-3-5-16(12-15)19-18(21)11-8-14-6-9-17(22-2)10-7-14/h3-12H,1-2H3,(H,19,21)/b11-8+. The second kappa shape index (κ2) is 7.22. The van der Waals surface area contributed by atoms with Crippen molar-refractivity contribution in [2.45, 2.75) is 6.92 Å². The smallest absolute Gasteiger partial charge is 0.248 e. The lowest BCUT2D eigenvalue weighted by atomic mass is 10.1. The Kier molecular flexibility index (Phi) is 5.09. The van der Waals surface area contributed by atoms with E-state index in [0.29, 0.717) is 11.3 Å². The van der Waals surface area contributed by atoms with Crippen LogP contribution in [0.15, 0.2) is 54.6 Å². The molecule has 0 saturated heterocycles. The third-order valence-electron chi connectivity index (χ3n) is 3.08. The first-order valence-corrected chi connectivity index (χ1v) is 6.82. The fourth-order valence-corrected chi connectivity index (χ4v) is 1.89. The van der Waals surface area contributed by atoms with Gasteiger partial charge in [-0.25, -0.2) is 0 Å². The van der Waals surface area contributed by atoms with Crippen molar-refractivity contribution in [3.05, 3.63) is 65.7 Å². The first-order chi connectivity index (χ1) is 10.6. The molecule has 0 spiro atoms. The van der Waals surface area contributed by atoms with Crippen molar-refractivity contribution in [2.75, 3.05) is 12.4 Å². The SMILES string of the molecule is COc1ccc(/C=C/C(=O)Nc2cccc(C(C)=O)c2)cc1. The number of hydrogen-bond acceptors (Lipinski definition) is 3. The molecule has 0 fully saturated rings. The van der Waals surface area contributed by atoms with Crippen LogP contribution in [-0.4, -0.2) is 18.8 Å². The number of amides is 1. The summed E-state index contributed by atoms with van der Waals surface area (Å²) in [5.74, 6) is 0.476. The van der Waals surface area contributed by atoms with Crippen LogP contribution in [0.1, 0.15) is 22.8 Å². The molecular formula is C18H17NO3. The highest BCUT2D eigenvalue weighted by molar-refractivity contribution is 6.03. The van der Waals surface area contributed by atoms with Crippen LogP contribution >= 0.6 is 0 Å². The molecule has 0 bridgehead atoms. The molecule has 0 aliphatic heterocycles. The number of ether oxygens (including phenoxy) is 1. The Morgan fingerprint density at radius 3 is 2.45 bits per heavy atom. The summed E-state index contributed by atoms with van der Waals surface area (Å²) in [6.45, 7) is 1.49. The molecule has 0 saturated carbocycles. The van der Waals surface area contributed by atoms with Crippen molar-refractivity contribution in [3.63, 3.8) is 0 Å². The van der Waals surface area contributed by atoms with Gasteiger partial charge >= 0.3 is 0 Å². The number of carbonyl (C=O) groups is 2. The van der Waals surface area contributed by atoms with Crippen LogP contribution in [0.25, 0.3) is 6.08 Å². The average Bonchev–Trinajstić information content (AvgIpc) is 2.53. The monoisotopic (exact) mass is 295 g/mol. The molecule has 0 aliphatic carbocycles. The van der Waals surface area contributed by atoms with Gasteiger partial charge in [0.05, 0.1) is 7.11 Å². The predicted octanol–water partition coefficient (Wildman–Crippen LogP) is 3.55. The molecule has 0 atom stereocenters. The van der Waals surface area contributed by atoms with Crippen LogP contribution in [0.5, 0.6) is 5.75 Å². The molecular weight excluding hydrogens is 278 g/mol. The summed E-state index contributed by atoms with van der Waals surface area (Å²) in [5.41, 5.74) is 2.06. The van der Waals surface area contributed by atoms with Crippen LogP contribution in [0.3, 0.4) is 0 Å². The number of hydrogen-bond donors (Lipinski definition) is 1. The van der Waals surface area contributed by atoms with Gasteiger partial charge in [-0.3, -0.25) is 9.59 Å². The lowest BCUT2D eigenvalue weighted by Gasteiger charge is -2.04. The minimum absolute atomic E-state index is 0.0372. The summed E-state index contributed by atoms with van der Waals surface area (Å²) < 4.78 is 5.07. The molecule has 0 aliphatic rings. The van der Waals surface area contributed by atoms with E-state index in [0.717, 1.165) is 11.3 Å². The normalized spacial score (nSPS) is 10.5. The minimum atomic E-state index is -0.253. The van der Waals surface area contributed by atoms with Gasteiger partial charge in [0.15, 0.2) is 5.78 Å². The van der Waals surface area contributed by atoms with E-state index in [1.165, 1.54) is 13.0 Å². The molecule has 0 heterocycles. The third kappa shape index (κ3) is 4.31. The van der Waals surface area contributed by atoms with Crippen molar-refractivity contribution >= 4 is 23.5 Å². The van der Waals surface area contributed by atoms with Crippen LogP contribution in [0, 0.1) is 0 Å². The number of anilines is 1. The van der Waals surface area contributed by atoms with E-state index in [9.17, 15) is 9.59 Å². The van der Waals surface area contributed by atoms with Gasteiger partial charge in [0.2, 0.25) is 5.91 Å². The Bertz CT molecular complexity index is 703. The Labute approximate surface area is 129 Å². The number of Topliss-reactive ketones (excluding diaryl/α,β-unsaturated/α-hetero) is 1. The summed E-state index contributed by atoms with van der Waals surface area (Å²) in [6, 6.07) is 14.2. The largest absolute Gasteiger partial charge is 0.497 e. The Hall–Kier alpha value is -2.88. The Balaban J connectivity index is 2.01. The molecule has 1 amide bonds. The zero-order chi connectivity index (χ0) is 15.9. The third-order valence-corrected chi connectivity index (χ3v) is 3.08. The van der Waals surface area contributed by atoms with Crippen LogP contribution in [-0.2, 0) is 4.79 Å². The number of carbonyl (C=O) groups excluding carboxylic acids is 2. The van der Waals surface area contributed by atoms with Crippen molar-refractivity contribution in [1.29, 1.82) is 0 Å². The molecule has 0 aromatic heterocycles. The second-order valence-electron chi connectivity index (χ2n) is 4.73. The maximum Gasteiger partial charge on any atom is 0.248 e. The van der Waals surface area contributed by atoms with Gasteiger partial charge in [0.1, 0.15) is 5.75 Å². The van der Waals surface area contributed by atoms with Gasteiger partial charge in [-0.15, -0.1) is 0 Å². The molecule has 0 unspecified atom stereocenters. The topological polar surface area (TPSA) is 55.4 Å². The van der Waals surface area contributed by atoms with Crippen molar-refractivity contribution < 1.29 is 14.3 Å². The van der Waals surface area contributed by atoms with Gasteiger partial charge < -0.3 is 10.1 Å². The lowest BCUT2D eigenvalue weighted by Crippen LogP contribution is -2.08. The molecule has 2 rings (SSSR count). The van der Waals surface area contributed by atoms with E-state index < -0.39 is 0 Å². The molecule has 1 N–H and O–H groups in total. The Morgan fingerprint density at radius 1 is 1.09 bits per heavy atom. The van der Waals surface area contributed by atoms with Crippen LogP contribution < -0.4 is 10.1 Å². The van der Waals surface area contributed by atoms with Gasteiger partial charge in [-0.05, 0) is 42.8 Å². The maximum absolute atomic E-state index is 11.9. The van der Waals surface area contributed by atoms with E-state index >= 15 is 0 Å². The highest BCUT2D eigenvalue weighted by atomic mass is 16.5. The van der Waals surface area contributed by atoms with Crippen molar-refractivity contribution in [1.82, 2.24) is 0 Å². The fraction of sp³-hybridized carbons (Fsp3) is 0.111. The molecule has 2 aromatic rings. The highest BCUT2D eigenvalue weighted by Gasteiger charge is 2.02. The number of methoxy groups -OCH3 is 1. The minimum Gasteiger partial charge on any atom is -0.497 e. The summed E-state index contributed by atoms with van der Waals surface area (Å²) in [7, 11) is 1.60. The molecule has 0 radical (unpaired) electrons. The van der Waals surface area contributed by atoms with Gasteiger partial charge in [0.25, 0.3) is 0 Å². The number of ketones is 1. The van der Waals surface area contributed by atoms with Crippen LogP contribution in [0.2, 0.25) is 0 Å². The van der Waals surface area contributed by atoms with Gasteiger partial charge in [-0.1, -0.05) is 24.3 Å². The fourth-order valence-electron chi connectivity index (χ4n) is 1.89. The Morgan fingerprint density at radius 2 is 1.82 bits per heavy atom. The molecule has 22 heavy (non-hydrogen) atoms. The number of benzene rings is 2. The van der Waals surface area contributed by atoms with Crippen LogP contribution in [0.4, 0.5) is 5.69 Å². The van der Waals surface area contributed by atoms with Gasteiger partial charge in [0, 0.05) is 17.3 Å². The molecule has 2 aromatic carbocycles. The highest BCUT2D eigenvalue weighted by Crippen LogP contribution is 2.13. The molecule has 112 valence electrons. The van der Waals surface area contributed by atoms with Crippen molar-refractivity contribution in [2.24, 2.45) is 0 Å². The summed E-state index contributed by atoms with van der Waals surface area (Å²) in [5, 5.41) is 2.73. The lowest BCUT2D eigenvalue weighted by molar-refractivity contribution is -0.111. The van der Waals surface area contributed by atoms with E-state index in [1.54, 1.807) is 37.5 Å². The first-order valence-electron chi connectivity index (χ1n) is 6.82. The van der Waals surface area contributed by atoms with E-state index in [-0.39, 0.29) is 11.7 Å². The van der Waals surface area contributed by atoms with Gasteiger partial charge in [-0.2, -0.15) is 0 Å².